The average Bonchev–Trinajstić information content (AvgIpc) is 3.77. The second-order valence-electron chi connectivity index (χ2n) is 10.7. The van der Waals surface area contributed by atoms with Gasteiger partial charge in [-0.25, -0.2) is 15.3 Å². The summed E-state index contributed by atoms with van der Waals surface area (Å²) in [6.07, 6.45) is -15.3. The summed E-state index contributed by atoms with van der Waals surface area (Å²) in [4.78, 5) is 0. The number of rotatable bonds is 6. The summed E-state index contributed by atoms with van der Waals surface area (Å²) >= 11 is 18.0. The molecule has 20 heteroatoms. The average molecular weight is 772 g/mol. The fourth-order valence-electron chi connectivity index (χ4n) is 5.25. The molecule has 0 saturated carbocycles. The fraction of sp³-hybridized carbons (Fsp3) is 0.100. The van der Waals surface area contributed by atoms with Gasteiger partial charge in [-0.1, -0.05) is 71.2 Å². The third kappa shape index (κ3) is 7.75. The van der Waals surface area contributed by atoms with E-state index >= 15 is 0 Å². The Labute approximate surface area is 313 Å². The van der Waals surface area contributed by atoms with Crippen LogP contribution in [0, 0.1) is 0 Å². The normalized spacial score (nSPS) is 12.4. The van der Waals surface area contributed by atoms with Crippen LogP contribution in [0.1, 0.15) is 17.1 Å². The Morgan fingerprint density at radius 2 is 0.640 bits per heavy atom. The van der Waals surface area contributed by atoms with E-state index in [1.54, 1.807) is 0 Å². The van der Waals surface area contributed by atoms with Crippen LogP contribution >= 0.6 is 34.8 Å². The van der Waals surface area contributed by atoms with Gasteiger partial charge in [-0.05, 0) is 71.3 Å². The molecule has 3 heterocycles. The second-order valence-corrected chi connectivity index (χ2v) is 12.0. The minimum absolute atomic E-state index is 0. The van der Waals surface area contributed by atoms with Crippen LogP contribution in [0.5, 0.6) is 0 Å². The van der Waals surface area contributed by atoms with Crippen LogP contribution < -0.4 is 29.6 Å². The maximum Gasteiger partial charge on any atom is 1.00 e. The summed E-state index contributed by atoms with van der Waals surface area (Å²) < 4.78 is 130. The number of aromatic nitrogens is 6. The van der Waals surface area contributed by atoms with Crippen LogP contribution in [0.2, 0.25) is 15.1 Å². The fourth-order valence-corrected chi connectivity index (χ4v) is 5.63. The molecule has 6 aromatic rings. The van der Waals surface area contributed by atoms with E-state index in [1.807, 2.05) is 0 Å². The molecule has 0 aliphatic heterocycles. The van der Waals surface area contributed by atoms with Crippen molar-refractivity contribution in [3.05, 3.63) is 123 Å². The number of benzene rings is 3. The van der Waals surface area contributed by atoms with E-state index in [2.05, 4.69) is 15.3 Å². The molecule has 0 bridgehead atoms. The number of hydrogen-bond donors (Lipinski definition) is 0. The predicted octanol–water partition coefficient (Wildman–Crippen LogP) is 6.96. The molecule has 0 atom stereocenters. The largest absolute Gasteiger partial charge is 1.00 e. The van der Waals surface area contributed by atoms with Gasteiger partial charge in [-0.2, -0.15) is 39.5 Å². The van der Waals surface area contributed by atoms with E-state index < -0.39 is 42.7 Å². The van der Waals surface area contributed by atoms with Crippen molar-refractivity contribution in [1.29, 1.82) is 0 Å². The van der Waals surface area contributed by atoms with Gasteiger partial charge < -0.3 is 13.8 Å². The monoisotopic (exact) mass is 770 g/mol. The molecule has 0 saturated heterocycles. The Kier molecular flexibility index (Phi) is 10.6. The maximum atomic E-state index is 14.3. The topological polar surface area (TPSA) is 53.5 Å². The zero-order valence-electron chi connectivity index (χ0n) is 25.1. The summed E-state index contributed by atoms with van der Waals surface area (Å²) in [5, 5.41) is 11.8. The van der Waals surface area contributed by atoms with Crippen molar-refractivity contribution in [3.8, 4) is 33.8 Å². The molecule has 0 unspecified atom stereocenters. The van der Waals surface area contributed by atoms with Crippen molar-refractivity contribution < 1.29 is 69.1 Å². The molecule has 0 spiro atoms. The van der Waals surface area contributed by atoms with E-state index in [-0.39, 0.29) is 78.4 Å². The molecular formula is C30H16BCl3F9N6Na. The first-order chi connectivity index (χ1) is 22.9. The predicted molar refractivity (Wildman–Crippen MR) is 166 cm³/mol. The van der Waals surface area contributed by atoms with Crippen LogP contribution in [0.3, 0.4) is 0 Å². The summed E-state index contributed by atoms with van der Waals surface area (Å²) in [6.45, 7) is 0. The van der Waals surface area contributed by atoms with Gasteiger partial charge in [-0.15, -0.1) is 0 Å². The molecule has 3 aromatic carbocycles. The third-order valence-corrected chi connectivity index (χ3v) is 8.19. The zero-order chi connectivity index (χ0) is 35.5. The van der Waals surface area contributed by atoms with Gasteiger partial charge in [0.2, 0.25) is 0 Å². The smallest absolute Gasteiger partial charge is 0.396 e. The molecule has 0 radical (unpaired) electrons. The van der Waals surface area contributed by atoms with Crippen LogP contribution in [0.15, 0.2) is 91.0 Å². The van der Waals surface area contributed by atoms with Crippen molar-refractivity contribution >= 4 is 41.9 Å². The van der Waals surface area contributed by atoms with E-state index in [1.165, 1.54) is 72.8 Å². The first kappa shape index (κ1) is 37.8. The molecule has 50 heavy (non-hydrogen) atoms. The third-order valence-electron chi connectivity index (χ3n) is 7.43. The van der Waals surface area contributed by atoms with Crippen molar-refractivity contribution in [3.63, 3.8) is 0 Å². The first-order valence-corrected chi connectivity index (χ1v) is 15.0. The van der Waals surface area contributed by atoms with Gasteiger partial charge in [0.1, 0.15) is 0 Å². The zero-order valence-corrected chi connectivity index (χ0v) is 29.4. The van der Waals surface area contributed by atoms with E-state index in [0.29, 0.717) is 32.0 Å². The standard InChI is InChI=1S/C30H16BCl3F9N6.Na/c32-19-7-1-16(2-8-19)22-13-25(28(35,36)37)44-47(22)31(48-23(14-26(45-48)29(38,39)40)17-3-9-20(33)10-4-17)49-24(15-27(46-49)30(41,42)43)18-5-11-21(34)12-6-18;/h1-15,31H;/q-1;+1. The summed E-state index contributed by atoms with van der Waals surface area (Å²) in [5.41, 5.74) is -5.29. The Hall–Kier alpha value is -3.41. The van der Waals surface area contributed by atoms with Gasteiger partial charge in [0.15, 0.2) is 17.1 Å². The molecular weight excluding hydrogens is 756 g/mol. The molecule has 6 nitrogen and oxygen atoms in total. The van der Waals surface area contributed by atoms with Crippen LogP contribution in [-0.2, 0) is 18.5 Å². The Balaban J connectivity index is 0.00000486. The molecule has 0 N–H and O–H groups in total. The van der Waals surface area contributed by atoms with Crippen LogP contribution in [0.25, 0.3) is 33.8 Å². The summed E-state index contributed by atoms with van der Waals surface area (Å²) in [5.74, 6) is 0. The molecule has 0 aliphatic carbocycles. The summed E-state index contributed by atoms with van der Waals surface area (Å²) in [7, 11) is -3.45. The van der Waals surface area contributed by atoms with Crippen molar-refractivity contribution in [2.24, 2.45) is 0 Å². The molecule has 6 rings (SSSR count). The maximum absolute atomic E-state index is 14.3. The quantitative estimate of drug-likeness (QED) is 0.136. The van der Waals surface area contributed by atoms with Crippen molar-refractivity contribution in [1.82, 2.24) is 29.1 Å². The van der Waals surface area contributed by atoms with Crippen molar-refractivity contribution in [2.75, 3.05) is 0 Å². The SMILES string of the molecule is FC(F)(F)c1cc(-c2ccc(Cl)cc2)n([BH-](n2nc(C(F)(F)F)cc2-c2ccc(Cl)cc2)n2nc(C(F)(F)F)cc2-c2ccc(Cl)cc2)n1.[Na+]. The van der Waals surface area contributed by atoms with Gasteiger partial charge in [-0.3, -0.25) is 0 Å². The Morgan fingerprint density at radius 3 is 0.840 bits per heavy atom. The number of halogens is 12. The Morgan fingerprint density at radius 1 is 0.420 bits per heavy atom. The summed E-state index contributed by atoms with van der Waals surface area (Å²) in [6, 6.07) is 17.8. The van der Waals surface area contributed by atoms with Gasteiger partial charge in [0, 0.05) is 32.1 Å². The first-order valence-electron chi connectivity index (χ1n) is 13.9. The second kappa shape index (κ2) is 14.0. The minimum atomic E-state index is -5.09. The van der Waals surface area contributed by atoms with Crippen LogP contribution in [-0.4, -0.2) is 36.2 Å². The Bertz CT molecular complexity index is 1880. The molecule has 0 fully saturated rings. The minimum Gasteiger partial charge on any atom is -0.396 e. The number of nitrogens with zero attached hydrogens (tertiary/aromatic N) is 6. The van der Waals surface area contributed by atoms with Gasteiger partial charge >= 0.3 is 55.2 Å². The van der Waals surface area contributed by atoms with Crippen molar-refractivity contribution in [2.45, 2.75) is 18.5 Å². The molecule has 3 aromatic heterocycles. The molecule has 0 aliphatic rings. The molecule has 0 amide bonds. The van der Waals surface area contributed by atoms with Gasteiger partial charge in [0.25, 0.3) is 0 Å². The van der Waals surface area contributed by atoms with E-state index in [4.69, 9.17) is 34.8 Å². The number of alkyl halides is 9. The van der Waals surface area contributed by atoms with Crippen LogP contribution in [0.4, 0.5) is 39.5 Å². The van der Waals surface area contributed by atoms with E-state index in [9.17, 15) is 39.5 Å². The molecule has 254 valence electrons. The van der Waals surface area contributed by atoms with E-state index in [0.717, 1.165) is 0 Å². The van der Waals surface area contributed by atoms with Gasteiger partial charge in [0.05, 0.1) is 0 Å². The number of hydrogen-bond acceptors (Lipinski definition) is 3.